The number of rotatable bonds is 6. The first-order valence-corrected chi connectivity index (χ1v) is 6.49. The Balaban J connectivity index is 2.49. The standard InChI is InChI=1S/C9H13ClF3N3S/c1-2-6(3-4-10)5-14-8-15-7(16-17-8)9(11,12)13/h6H,2-5H2,1H3,(H,14,15,16). The van der Waals surface area contributed by atoms with E-state index in [1.165, 1.54) is 0 Å². The van der Waals surface area contributed by atoms with Crippen molar-refractivity contribution in [3.8, 4) is 0 Å². The third-order valence-corrected chi connectivity index (χ3v) is 3.21. The summed E-state index contributed by atoms with van der Waals surface area (Å²) < 4.78 is 39.9. The molecule has 0 aliphatic rings. The highest BCUT2D eigenvalue weighted by Crippen LogP contribution is 2.29. The Hall–Kier alpha value is -0.560. The molecule has 0 bridgehead atoms. The molecule has 1 aromatic heterocycles. The van der Waals surface area contributed by atoms with E-state index in [-0.39, 0.29) is 5.13 Å². The van der Waals surface area contributed by atoms with E-state index in [1.54, 1.807) is 0 Å². The Morgan fingerprint density at radius 2 is 2.18 bits per heavy atom. The van der Waals surface area contributed by atoms with Gasteiger partial charge in [0.2, 0.25) is 11.0 Å². The molecule has 0 fully saturated rings. The fourth-order valence-electron chi connectivity index (χ4n) is 1.25. The van der Waals surface area contributed by atoms with Crippen LogP contribution in [0.5, 0.6) is 0 Å². The van der Waals surface area contributed by atoms with Crippen LogP contribution in [0.25, 0.3) is 0 Å². The summed E-state index contributed by atoms with van der Waals surface area (Å²) in [6.45, 7) is 2.58. The van der Waals surface area contributed by atoms with Crippen molar-refractivity contribution in [1.82, 2.24) is 9.36 Å². The van der Waals surface area contributed by atoms with Crippen molar-refractivity contribution in [2.75, 3.05) is 17.7 Å². The first kappa shape index (κ1) is 14.5. The van der Waals surface area contributed by atoms with E-state index in [2.05, 4.69) is 14.7 Å². The van der Waals surface area contributed by atoms with Gasteiger partial charge in [-0.3, -0.25) is 0 Å². The molecule has 1 atom stereocenters. The van der Waals surface area contributed by atoms with Crippen molar-refractivity contribution in [2.45, 2.75) is 25.9 Å². The number of hydrogen-bond acceptors (Lipinski definition) is 4. The molecule has 17 heavy (non-hydrogen) atoms. The Kier molecular flexibility index (Phi) is 5.45. The maximum Gasteiger partial charge on any atom is 0.452 e. The van der Waals surface area contributed by atoms with Crippen molar-refractivity contribution >= 4 is 28.3 Å². The molecule has 0 aliphatic carbocycles. The van der Waals surface area contributed by atoms with E-state index in [4.69, 9.17) is 11.6 Å². The van der Waals surface area contributed by atoms with Crippen LogP contribution in [-0.2, 0) is 6.18 Å². The summed E-state index contributed by atoms with van der Waals surface area (Å²) in [5.74, 6) is -0.203. The molecule has 0 aliphatic heterocycles. The molecule has 1 aromatic rings. The van der Waals surface area contributed by atoms with Gasteiger partial charge in [0.25, 0.3) is 0 Å². The van der Waals surface area contributed by atoms with E-state index < -0.39 is 12.0 Å². The molecule has 1 N–H and O–H groups in total. The minimum absolute atomic E-state index is 0.199. The third kappa shape index (κ3) is 4.67. The van der Waals surface area contributed by atoms with Gasteiger partial charge in [-0.2, -0.15) is 22.5 Å². The van der Waals surface area contributed by atoms with Crippen molar-refractivity contribution in [3.63, 3.8) is 0 Å². The van der Waals surface area contributed by atoms with Crippen LogP contribution in [0.3, 0.4) is 0 Å². The van der Waals surface area contributed by atoms with Gasteiger partial charge in [-0.05, 0) is 12.3 Å². The molecule has 0 radical (unpaired) electrons. The zero-order chi connectivity index (χ0) is 12.9. The van der Waals surface area contributed by atoms with Crippen molar-refractivity contribution < 1.29 is 13.2 Å². The summed E-state index contributed by atoms with van der Waals surface area (Å²) in [4.78, 5) is 3.39. The highest BCUT2D eigenvalue weighted by molar-refractivity contribution is 7.09. The van der Waals surface area contributed by atoms with E-state index in [9.17, 15) is 13.2 Å². The number of hydrogen-bond donors (Lipinski definition) is 1. The Morgan fingerprint density at radius 1 is 1.47 bits per heavy atom. The van der Waals surface area contributed by atoms with Crippen molar-refractivity contribution in [1.29, 1.82) is 0 Å². The molecule has 0 saturated heterocycles. The molecule has 0 aromatic carbocycles. The normalized spacial score (nSPS) is 13.7. The average Bonchev–Trinajstić information content (AvgIpc) is 2.72. The summed E-state index contributed by atoms with van der Waals surface area (Å²) in [6.07, 6.45) is -2.72. The van der Waals surface area contributed by atoms with Gasteiger partial charge in [-0.1, -0.05) is 13.3 Å². The van der Waals surface area contributed by atoms with Gasteiger partial charge < -0.3 is 5.32 Å². The van der Waals surface area contributed by atoms with Crippen LogP contribution in [0.4, 0.5) is 18.3 Å². The molecule has 1 rings (SSSR count). The Bertz CT molecular complexity index is 342. The SMILES string of the molecule is CCC(CCCl)CNc1nc(C(F)(F)F)ns1. The van der Waals surface area contributed by atoms with Crippen LogP contribution in [0.15, 0.2) is 0 Å². The van der Waals surface area contributed by atoms with Crippen LogP contribution in [0.2, 0.25) is 0 Å². The lowest BCUT2D eigenvalue weighted by molar-refractivity contribution is -0.144. The minimum atomic E-state index is -4.48. The van der Waals surface area contributed by atoms with Gasteiger partial charge >= 0.3 is 6.18 Å². The van der Waals surface area contributed by atoms with E-state index >= 15 is 0 Å². The summed E-state index contributed by atoms with van der Waals surface area (Å²) in [5, 5.41) is 3.06. The predicted molar refractivity (Wildman–Crippen MR) is 62.5 cm³/mol. The van der Waals surface area contributed by atoms with Crippen LogP contribution in [0, 0.1) is 5.92 Å². The fourth-order valence-corrected chi connectivity index (χ4v) is 2.15. The topological polar surface area (TPSA) is 37.8 Å². The largest absolute Gasteiger partial charge is 0.452 e. The average molecular weight is 288 g/mol. The lowest BCUT2D eigenvalue weighted by Gasteiger charge is -2.12. The maximum atomic E-state index is 12.2. The first-order valence-electron chi connectivity index (χ1n) is 5.18. The van der Waals surface area contributed by atoms with E-state index in [1.807, 2.05) is 6.92 Å². The predicted octanol–water partition coefficient (Wildman–Crippen LogP) is 3.62. The summed E-state index contributed by atoms with van der Waals surface area (Å²) >= 11 is 6.34. The van der Waals surface area contributed by atoms with Crippen LogP contribution >= 0.6 is 23.1 Å². The van der Waals surface area contributed by atoms with E-state index in [0.717, 1.165) is 24.4 Å². The zero-order valence-corrected chi connectivity index (χ0v) is 10.8. The smallest absolute Gasteiger partial charge is 0.360 e. The number of alkyl halides is 4. The lowest BCUT2D eigenvalue weighted by atomic mass is 10.0. The summed E-state index contributed by atoms with van der Waals surface area (Å²) in [6, 6.07) is 0. The quantitative estimate of drug-likeness (QED) is 0.812. The van der Waals surface area contributed by atoms with E-state index in [0.29, 0.717) is 18.3 Å². The fraction of sp³-hybridized carbons (Fsp3) is 0.778. The molecular weight excluding hydrogens is 275 g/mol. The molecular formula is C9H13ClF3N3S. The second kappa shape index (κ2) is 6.39. The number of anilines is 1. The molecule has 0 spiro atoms. The van der Waals surface area contributed by atoms with Gasteiger partial charge in [0.05, 0.1) is 0 Å². The van der Waals surface area contributed by atoms with Crippen LogP contribution < -0.4 is 5.32 Å². The maximum absolute atomic E-state index is 12.2. The van der Waals surface area contributed by atoms with Gasteiger partial charge in [0, 0.05) is 24.0 Å². The van der Waals surface area contributed by atoms with Gasteiger partial charge in [-0.25, -0.2) is 0 Å². The zero-order valence-electron chi connectivity index (χ0n) is 9.22. The van der Waals surface area contributed by atoms with Crippen LogP contribution in [0.1, 0.15) is 25.6 Å². The highest BCUT2D eigenvalue weighted by Gasteiger charge is 2.36. The Labute approximate surface area is 107 Å². The third-order valence-electron chi connectivity index (χ3n) is 2.32. The molecule has 98 valence electrons. The van der Waals surface area contributed by atoms with Crippen molar-refractivity contribution in [3.05, 3.63) is 5.82 Å². The monoisotopic (exact) mass is 287 g/mol. The van der Waals surface area contributed by atoms with Gasteiger partial charge in [0.15, 0.2) is 0 Å². The first-order chi connectivity index (χ1) is 7.97. The number of aromatic nitrogens is 2. The molecule has 3 nitrogen and oxygen atoms in total. The molecule has 8 heteroatoms. The number of nitrogens with zero attached hydrogens (tertiary/aromatic N) is 2. The molecule has 0 amide bonds. The molecule has 1 unspecified atom stereocenters. The molecule has 0 saturated carbocycles. The number of nitrogens with one attached hydrogen (secondary N) is 1. The highest BCUT2D eigenvalue weighted by atomic mass is 35.5. The van der Waals surface area contributed by atoms with Gasteiger partial charge in [0.1, 0.15) is 0 Å². The van der Waals surface area contributed by atoms with Crippen molar-refractivity contribution in [2.24, 2.45) is 5.92 Å². The second-order valence-corrected chi connectivity index (χ2v) is 4.68. The summed E-state index contributed by atoms with van der Waals surface area (Å²) in [5.41, 5.74) is 0. The number of halogens is 4. The Morgan fingerprint density at radius 3 is 2.65 bits per heavy atom. The second-order valence-electron chi connectivity index (χ2n) is 3.55. The van der Waals surface area contributed by atoms with Gasteiger partial charge in [-0.15, -0.1) is 11.6 Å². The summed E-state index contributed by atoms with van der Waals surface area (Å²) in [7, 11) is 0. The minimum Gasteiger partial charge on any atom is -0.360 e. The molecule has 1 heterocycles. The van der Waals surface area contributed by atoms with Crippen LogP contribution in [-0.4, -0.2) is 21.8 Å². The lowest BCUT2D eigenvalue weighted by Crippen LogP contribution is -2.14.